The topological polar surface area (TPSA) is 90.0 Å². The lowest BCUT2D eigenvalue weighted by molar-refractivity contribution is 0.598. The first kappa shape index (κ1) is 17.1. The molecule has 8 heteroatoms. The molecule has 1 heterocycles. The molecule has 0 radical (unpaired) electrons. The lowest BCUT2D eigenvalue weighted by Crippen LogP contribution is -2.12. The van der Waals surface area contributed by atoms with Gasteiger partial charge in [-0.2, -0.15) is 5.10 Å². The average molecular weight is 360 g/mol. The van der Waals surface area contributed by atoms with Crippen molar-refractivity contribution >= 4 is 15.7 Å². The zero-order chi connectivity index (χ0) is 17.9. The molecule has 1 aromatic heterocycles. The number of nitrogens with zero attached hydrogens (tertiary/aromatic N) is 2. The SMILES string of the molecule is NS(=O)(=O)c1cccc(NCc2cnn(Cc3ccc(F)cc3)c2)c1. The van der Waals surface area contributed by atoms with Crippen LogP contribution in [-0.2, 0) is 23.1 Å². The molecule has 25 heavy (non-hydrogen) atoms. The van der Waals surface area contributed by atoms with Gasteiger partial charge in [-0.25, -0.2) is 17.9 Å². The fourth-order valence-electron chi connectivity index (χ4n) is 2.35. The number of sulfonamides is 1. The monoisotopic (exact) mass is 360 g/mol. The number of halogens is 1. The van der Waals surface area contributed by atoms with Crippen molar-refractivity contribution in [1.82, 2.24) is 9.78 Å². The van der Waals surface area contributed by atoms with Crippen molar-refractivity contribution in [1.29, 1.82) is 0 Å². The van der Waals surface area contributed by atoms with Crippen molar-refractivity contribution in [2.45, 2.75) is 18.0 Å². The quantitative estimate of drug-likeness (QED) is 0.706. The van der Waals surface area contributed by atoms with E-state index in [0.717, 1.165) is 11.1 Å². The van der Waals surface area contributed by atoms with Crippen LogP contribution in [0.15, 0.2) is 65.8 Å². The molecule has 3 aromatic rings. The highest BCUT2D eigenvalue weighted by atomic mass is 32.2. The van der Waals surface area contributed by atoms with Crippen LogP contribution >= 0.6 is 0 Å². The molecular formula is C17H17FN4O2S. The number of nitrogens with two attached hydrogens (primary N) is 1. The van der Waals surface area contributed by atoms with E-state index in [-0.39, 0.29) is 10.7 Å². The molecule has 0 spiro atoms. The van der Waals surface area contributed by atoms with Crippen LogP contribution in [0.3, 0.4) is 0 Å². The summed E-state index contributed by atoms with van der Waals surface area (Å²) in [6.07, 6.45) is 3.60. The van der Waals surface area contributed by atoms with E-state index in [1.54, 1.807) is 35.1 Å². The predicted octanol–water partition coefficient (Wildman–Crippen LogP) is 2.33. The number of hydrogen-bond acceptors (Lipinski definition) is 4. The molecular weight excluding hydrogens is 343 g/mol. The molecule has 0 saturated heterocycles. The summed E-state index contributed by atoms with van der Waals surface area (Å²) in [4.78, 5) is 0.0597. The van der Waals surface area contributed by atoms with Gasteiger partial charge >= 0.3 is 0 Å². The summed E-state index contributed by atoms with van der Waals surface area (Å²) in [6.45, 7) is 1.03. The highest BCUT2D eigenvalue weighted by Crippen LogP contribution is 2.15. The highest BCUT2D eigenvalue weighted by Gasteiger charge is 2.08. The van der Waals surface area contributed by atoms with Crippen molar-refractivity contribution in [3.8, 4) is 0 Å². The fourth-order valence-corrected chi connectivity index (χ4v) is 2.91. The van der Waals surface area contributed by atoms with Gasteiger partial charge in [0.1, 0.15) is 5.82 Å². The predicted molar refractivity (Wildman–Crippen MR) is 92.9 cm³/mol. The van der Waals surface area contributed by atoms with Crippen LogP contribution in [0.5, 0.6) is 0 Å². The number of hydrogen-bond donors (Lipinski definition) is 2. The van der Waals surface area contributed by atoms with E-state index in [4.69, 9.17) is 5.14 Å². The van der Waals surface area contributed by atoms with Gasteiger partial charge < -0.3 is 5.32 Å². The lowest BCUT2D eigenvalue weighted by atomic mass is 10.2. The van der Waals surface area contributed by atoms with Crippen LogP contribution in [0.2, 0.25) is 0 Å². The molecule has 0 unspecified atom stereocenters. The first-order valence-corrected chi connectivity index (χ1v) is 9.07. The van der Waals surface area contributed by atoms with Crippen molar-refractivity contribution in [3.63, 3.8) is 0 Å². The molecule has 0 aliphatic heterocycles. The molecule has 130 valence electrons. The molecule has 3 N–H and O–H groups in total. The Morgan fingerprint density at radius 1 is 1.12 bits per heavy atom. The standard InChI is InChI=1S/C17H17FN4O2S/c18-15-6-4-13(5-7-15)11-22-12-14(10-21-22)9-20-16-2-1-3-17(8-16)25(19,23)24/h1-8,10,12,20H,9,11H2,(H2,19,23,24). The molecule has 0 amide bonds. The van der Waals surface area contributed by atoms with Gasteiger partial charge in [-0.3, -0.25) is 4.68 Å². The van der Waals surface area contributed by atoms with Gasteiger partial charge in [0.25, 0.3) is 0 Å². The smallest absolute Gasteiger partial charge is 0.238 e. The van der Waals surface area contributed by atoms with E-state index in [2.05, 4.69) is 10.4 Å². The summed E-state index contributed by atoms with van der Waals surface area (Å²) < 4.78 is 37.4. The first-order valence-electron chi connectivity index (χ1n) is 7.53. The minimum absolute atomic E-state index is 0.0597. The van der Waals surface area contributed by atoms with Crippen LogP contribution in [0.25, 0.3) is 0 Å². The molecule has 0 aliphatic rings. The minimum Gasteiger partial charge on any atom is -0.381 e. The van der Waals surface area contributed by atoms with Gasteiger partial charge in [-0.1, -0.05) is 18.2 Å². The van der Waals surface area contributed by atoms with Gasteiger partial charge in [-0.15, -0.1) is 0 Å². The zero-order valence-corrected chi connectivity index (χ0v) is 14.1. The van der Waals surface area contributed by atoms with Gasteiger partial charge in [0.05, 0.1) is 17.6 Å². The third-order valence-corrected chi connectivity index (χ3v) is 4.51. The molecule has 0 bridgehead atoms. The van der Waals surface area contributed by atoms with E-state index in [1.807, 2.05) is 6.20 Å². The molecule has 0 fully saturated rings. The summed E-state index contributed by atoms with van der Waals surface area (Å²) in [5, 5.41) is 12.5. The van der Waals surface area contributed by atoms with Crippen molar-refractivity contribution < 1.29 is 12.8 Å². The molecule has 0 aliphatic carbocycles. The Hall–Kier alpha value is -2.71. The third kappa shape index (κ3) is 4.65. The number of rotatable bonds is 6. The highest BCUT2D eigenvalue weighted by molar-refractivity contribution is 7.89. The lowest BCUT2D eigenvalue weighted by Gasteiger charge is -2.06. The van der Waals surface area contributed by atoms with Crippen molar-refractivity contribution in [3.05, 3.63) is 77.9 Å². The number of anilines is 1. The second-order valence-electron chi connectivity index (χ2n) is 5.60. The maximum atomic E-state index is 12.9. The van der Waals surface area contributed by atoms with E-state index >= 15 is 0 Å². The maximum Gasteiger partial charge on any atom is 0.238 e. The summed E-state index contributed by atoms with van der Waals surface area (Å²) in [6, 6.07) is 12.6. The largest absolute Gasteiger partial charge is 0.381 e. The Morgan fingerprint density at radius 3 is 2.60 bits per heavy atom. The van der Waals surface area contributed by atoms with Gasteiger partial charge in [0, 0.05) is 24.0 Å². The Labute approximate surface area is 145 Å². The van der Waals surface area contributed by atoms with Crippen LogP contribution in [0.4, 0.5) is 10.1 Å². The van der Waals surface area contributed by atoms with Crippen LogP contribution in [0, 0.1) is 5.82 Å². The first-order chi connectivity index (χ1) is 11.9. The number of aromatic nitrogens is 2. The van der Waals surface area contributed by atoms with Crippen LogP contribution in [0.1, 0.15) is 11.1 Å². The minimum atomic E-state index is -3.72. The summed E-state index contributed by atoms with van der Waals surface area (Å²) in [7, 11) is -3.72. The zero-order valence-electron chi connectivity index (χ0n) is 13.3. The molecule has 3 rings (SSSR count). The molecule has 0 saturated carbocycles. The van der Waals surface area contributed by atoms with Gasteiger partial charge in [0.15, 0.2) is 0 Å². The number of nitrogens with one attached hydrogen (secondary N) is 1. The molecule has 6 nitrogen and oxygen atoms in total. The maximum absolute atomic E-state index is 12.9. The van der Waals surface area contributed by atoms with E-state index in [1.165, 1.54) is 24.3 Å². The summed E-state index contributed by atoms with van der Waals surface area (Å²) in [5.74, 6) is -0.268. The second-order valence-corrected chi connectivity index (χ2v) is 7.16. The van der Waals surface area contributed by atoms with Gasteiger partial charge in [-0.05, 0) is 35.9 Å². The second kappa shape index (κ2) is 7.04. The van der Waals surface area contributed by atoms with E-state index in [0.29, 0.717) is 18.8 Å². The number of primary sulfonamides is 1. The van der Waals surface area contributed by atoms with E-state index in [9.17, 15) is 12.8 Å². The molecule has 2 aromatic carbocycles. The Balaban J connectivity index is 1.63. The third-order valence-electron chi connectivity index (χ3n) is 3.60. The average Bonchev–Trinajstić information content (AvgIpc) is 3.02. The summed E-state index contributed by atoms with van der Waals surface area (Å²) in [5.41, 5.74) is 2.53. The van der Waals surface area contributed by atoms with Crippen molar-refractivity contribution in [2.75, 3.05) is 5.32 Å². The van der Waals surface area contributed by atoms with E-state index < -0.39 is 10.0 Å². The van der Waals surface area contributed by atoms with Crippen LogP contribution in [-0.4, -0.2) is 18.2 Å². The van der Waals surface area contributed by atoms with Crippen LogP contribution < -0.4 is 10.5 Å². The van der Waals surface area contributed by atoms with Crippen molar-refractivity contribution in [2.24, 2.45) is 5.14 Å². The summed E-state index contributed by atoms with van der Waals surface area (Å²) >= 11 is 0. The Morgan fingerprint density at radius 2 is 1.88 bits per heavy atom. The Kier molecular flexibility index (Phi) is 4.82. The number of benzene rings is 2. The fraction of sp³-hybridized carbons (Fsp3) is 0.118. The Bertz CT molecular complexity index is 968. The molecule has 0 atom stereocenters. The normalized spacial score (nSPS) is 11.4. The van der Waals surface area contributed by atoms with Gasteiger partial charge in [0.2, 0.25) is 10.0 Å².